The lowest BCUT2D eigenvalue weighted by Gasteiger charge is -2.35. The maximum atomic E-state index is 5.51. The second kappa shape index (κ2) is 6.44. The van der Waals surface area contributed by atoms with E-state index in [2.05, 4.69) is 27.7 Å². The van der Waals surface area contributed by atoms with Crippen LogP contribution in [0.5, 0.6) is 0 Å². The highest BCUT2D eigenvalue weighted by Crippen LogP contribution is 2.07. The smallest absolute Gasteiger partial charge is 0.183 e. The molecule has 0 aromatic heterocycles. The molecule has 0 aliphatic rings. The third kappa shape index (κ3) is 3.55. The van der Waals surface area contributed by atoms with Crippen LogP contribution in [0.1, 0.15) is 34.1 Å². The number of ether oxygens (including phenoxy) is 1. The van der Waals surface area contributed by atoms with E-state index in [1.807, 2.05) is 0 Å². The Kier molecular flexibility index (Phi) is 6.39. The molecule has 0 aliphatic heterocycles. The highest BCUT2D eigenvalue weighted by Gasteiger charge is 2.21. The summed E-state index contributed by atoms with van der Waals surface area (Å²) in [6.07, 6.45) is 1.24. The lowest BCUT2D eigenvalue weighted by atomic mass is 10.3. The quantitative estimate of drug-likeness (QED) is 0.425. The molecule has 0 rings (SSSR count). The highest BCUT2D eigenvalue weighted by atomic mass is 16.5. The Hall–Kier alpha value is -0.0800. The van der Waals surface area contributed by atoms with Gasteiger partial charge in [0, 0.05) is 6.61 Å². The van der Waals surface area contributed by atoms with Crippen molar-refractivity contribution in [2.75, 3.05) is 33.0 Å². The summed E-state index contributed by atoms with van der Waals surface area (Å²) in [5, 5.41) is 0. The summed E-state index contributed by atoms with van der Waals surface area (Å²) in [6, 6.07) is 0. The van der Waals surface area contributed by atoms with Crippen LogP contribution in [-0.2, 0) is 4.74 Å². The highest BCUT2D eigenvalue weighted by molar-refractivity contribution is 4.34. The third-order valence-electron chi connectivity index (χ3n) is 2.61. The normalized spacial score (nSPS) is 12.0. The van der Waals surface area contributed by atoms with Crippen molar-refractivity contribution < 1.29 is 9.22 Å². The van der Waals surface area contributed by atoms with Crippen molar-refractivity contribution in [3.8, 4) is 0 Å². The molecule has 0 atom stereocenters. The summed E-state index contributed by atoms with van der Waals surface area (Å²) < 4.78 is 6.62. The fraction of sp³-hybridized carbons (Fsp3) is 1.00. The first-order chi connectivity index (χ1) is 5.74. The van der Waals surface area contributed by atoms with Crippen molar-refractivity contribution in [1.82, 2.24) is 0 Å². The van der Waals surface area contributed by atoms with Crippen LogP contribution in [0.25, 0.3) is 0 Å². The van der Waals surface area contributed by atoms with Gasteiger partial charge in [-0.2, -0.15) is 0 Å². The van der Waals surface area contributed by atoms with Gasteiger partial charge >= 0.3 is 0 Å². The van der Waals surface area contributed by atoms with Gasteiger partial charge in [-0.1, -0.05) is 6.92 Å². The van der Waals surface area contributed by atoms with Crippen LogP contribution < -0.4 is 0 Å². The zero-order valence-electron chi connectivity index (χ0n) is 9.10. The van der Waals surface area contributed by atoms with Crippen LogP contribution in [-0.4, -0.2) is 37.5 Å². The van der Waals surface area contributed by atoms with E-state index in [0.717, 1.165) is 17.8 Å². The van der Waals surface area contributed by atoms with Crippen LogP contribution in [0.3, 0.4) is 0 Å². The predicted molar refractivity (Wildman–Crippen MR) is 53.0 cm³/mol. The molecule has 0 unspecified atom stereocenters. The Morgan fingerprint density at radius 2 is 1.58 bits per heavy atom. The molecule has 74 valence electrons. The Morgan fingerprint density at radius 1 is 1.00 bits per heavy atom. The molecule has 0 radical (unpaired) electrons. The maximum absolute atomic E-state index is 5.51. The molecular weight excluding hydrogens is 150 g/mol. The standard InChI is InChI=1S/C10H24NO/c1-5-9-11(6-2,7-3)10-12-8-4/h5-10H2,1-4H3/q+1. The summed E-state index contributed by atoms with van der Waals surface area (Å²) in [4.78, 5) is 0. The molecule has 0 saturated heterocycles. The minimum absolute atomic E-state index is 0.837. The fourth-order valence-electron chi connectivity index (χ4n) is 1.55. The van der Waals surface area contributed by atoms with Gasteiger partial charge in [0.05, 0.1) is 19.6 Å². The third-order valence-corrected chi connectivity index (χ3v) is 2.61. The van der Waals surface area contributed by atoms with Crippen molar-refractivity contribution in [3.63, 3.8) is 0 Å². The van der Waals surface area contributed by atoms with Gasteiger partial charge in [0.1, 0.15) is 0 Å². The van der Waals surface area contributed by atoms with E-state index in [0.29, 0.717) is 0 Å². The van der Waals surface area contributed by atoms with Gasteiger partial charge in [-0.25, -0.2) is 0 Å². The minimum atomic E-state index is 0.837. The summed E-state index contributed by atoms with van der Waals surface area (Å²) >= 11 is 0. The van der Waals surface area contributed by atoms with E-state index < -0.39 is 0 Å². The molecule has 12 heavy (non-hydrogen) atoms. The van der Waals surface area contributed by atoms with Crippen LogP contribution >= 0.6 is 0 Å². The Labute approximate surface area is 77.1 Å². The van der Waals surface area contributed by atoms with Gasteiger partial charge in [0.15, 0.2) is 6.73 Å². The van der Waals surface area contributed by atoms with Gasteiger partial charge in [-0.15, -0.1) is 0 Å². The molecule has 0 aromatic carbocycles. The molecule has 0 spiro atoms. The number of hydrogen-bond donors (Lipinski definition) is 0. The van der Waals surface area contributed by atoms with Crippen molar-refractivity contribution in [1.29, 1.82) is 0 Å². The molecule has 0 fully saturated rings. The second-order valence-electron chi connectivity index (χ2n) is 3.32. The molecular formula is C10H24NO+. The summed E-state index contributed by atoms with van der Waals surface area (Å²) in [7, 11) is 0. The Bertz CT molecular complexity index is 100. The van der Waals surface area contributed by atoms with Crippen molar-refractivity contribution >= 4 is 0 Å². The van der Waals surface area contributed by atoms with Gasteiger partial charge in [0.25, 0.3) is 0 Å². The lowest BCUT2D eigenvalue weighted by molar-refractivity contribution is -0.942. The van der Waals surface area contributed by atoms with Crippen LogP contribution in [0.15, 0.2) is 0 Å². The maximum Gasteiger partial charge on any atom is 0.183 e. The lowest BCUT2D eigenvalue weighted by Crippen LogP contribution is -2.49. The van der Waals surface area contributed by atoms with Gasteiger partial charge in [-0.3, -0.25) is 0 Å². The van der Waals surface area contributed by atoms with E-state index in [-0.39, 0.29) is 0 Å². The van der Waals surface area contributed by atoms with Crippen molar-refractivity contribution in [3.05, 3.63) is 0 Å². The molecule has 0 bridgehead atoms. The summed E-state index contributed by atoms with van der Waals surface area (Å²) in [5.74, 6) is 0. The van der Waals surface area contributed by atoms with Crippen molar-refractivity contribution in [2.24, 2.45) is 0 Å². The van der Waals surface area contributed by atoms with Gasteiger partial charge < -0.3 is 9.22 Å². The number of hydrogen-bond acceptors (Lipinski definition) is 1. The predicted octanol–water partition coefficient (Wildman–Crippen LogP) is 2.25. The number of nitrogens with zero attached hydrogens (tertiary/aromatic N) is 1. The first-order valence-corrected chi connectivity index (χ1v) is 5.17. The number of rotatable bonds is 7. The molecule has 0 aromatic rings. The Morgan fingerprint density at radius 3 is 1.92 bits per heavy atom. The van der Waals surface area contributed by atoms with Crippen LogP contribution in [0.2, 0.25) is 0 Å². The van der Waals surface area contributed by atoms with Crippen molar-refractivity contribution in [2.45, 2.75) is 34.1 Å². The largest absolute Gasteiger partial charge is 0.332 e. The average Bonchev–Trinajstić information content (AvgIpc) is 2.13. The molecule has 0 aliphatic carbocycles. The average molecular weight is 174 g/mol. The fourth-order valence-corrected chi connectivity index (χ4v) is 1.55. The van der Waals surface area contributed by atoms with E-state index in [1.54, 1.807) is 0 Å². The Balaban J connectivity index is 3.95. The molecule has 0 N–H and O–H groups in total. The second-order valence-corrected chi connectivity index (χ2v) is 3.32. The molecule has 2 heteroatoms. The zero-order valence-corrected chi connectivity index (χ0v) is 9.10. The summed E-state index contributed by atoms with van der Waals surface area (Å²) in [6.45, 7) is 14.1. The molecule has 0 heterocycles. The first-order valence-electron chi connectivity index (χ1n) is 5.17. The summed E-state index contributed by atoms with van der Waals surface area (Å²) in [5.41, 5.74) is 0. The van der Waals surface area contributed by atoms with E-state index >= 15 is 0 Å². The van der Waals surface area contributed by atoms with Gasteiger partial charge in [-0.05, 0) is 27.2 Å². The molecule has 0 saturated carbocycles. The zero-order chi connectivity index (χ0) is 9.45. The van der Waals surface area contributed by atoms with Crippen LogP contribution in [0, 0.1) is 0 Å². The van der Waals surface area contributed by atoms with Gasteiger partial charge in [0.2, 0.25) is 0 Å². The monoisotopic (exact) mass is 174 g/mol. The first kappa shape index (κ1) is 11.9. The topological polar surface area (TPSA) is 9.23 Å². The molecule has 2 nitrogen and oxygen atoms in total. The number of quaternary nitrogens is 1. The SMILES string of the molecule is CCC[N+](CC)(CC)COCC. The van der Waals surface area contributed by atoms with E-state index in [1.165, 1.54) is 26.1 Å². The van der Waals surface area contributed by atoms with Crippen LogP contribution in [0.4, 0.5) is 0 Å². The van der Waals surface area contributed by atoms with E-state index in [4.69, 9.17) is 4.74 Å². The minimum Gasteiger partial charge on any atom is -0.332 e. The van der Waals surface area contributed by atoms with E-state index in [9.17, 15) is 0 Å². The molecule has 0 amide bonds.